The summed E-state index contributed by atoms with van der Waals surface area (Å²) in [5.74, 6) is -0.816. The molecule has 7 heteroatoms. The zero-order chi connectivity index (χ0) is 16.2. The Bertz CT molecular complexity index is 430. The summed E-state index contributed by atoms with van der Waals surface area (Å²) in [4.78, 5) is 10.8. The lowest BCUT2D eigenvalue weighted by molar-refractivity contribution is -0.136. The molecule has 0 heterocycles. The van der Waals surface area contributed by atoms with E-state index in [1.807, 2.05) is 24.3 Å². The highest BCUT2D eigenvalue weighted by molar-refractivity contribution is 6.61. The summed E-state index contributed by atoms with van der Waals surface area (Å²) in [6.07, 6.45) is 0.545. The maximum Gasteiger partial charge on any atom is 0.424 e. The van der Waals surface area contributed by atoms with E-state index >= 15 is 0 Å². The van der Waals surface area contributed by atoms with Gasteiger partial charge < -0.3 is 23.4 Å². The number of ether oxygens (including phenoxy) is 2. The van der Waals surface area contributed by atoms with E-state index in [0.717, 1.165) is 10.8 Å². The number of rotatable bonds is 12. The van der Waals surface area contributed by atoms with Gasteiger partial charge in [0.15, 0.2) is 0 Å². The Balaban J connectivity index is 2.78. The Morgan fingerprint density at radius 1 is 1.05 bits per heavy atom. The normalized spacial score (nSPS) is 11.0. The first-order chi connectivity index (χ1) is 10.7. The van der Waals surface area contributed by atoms with E-state index in [1.165, 1.54) is 0 Å². The van der Waals surface area contributed by atoms with Gasteiger partial charge in [-0.15, -0.1) is 0 Å². The molecule has 0 aromatic heterocycles. The molecule has 6 nitrogen and oxygen atoms in total. The summed E-state index contributed by atoms with van der Waals surface area (Å²) in [5, 5.41) is 9.81. The average molecular weight is 327 g/mol. The first kappa shape index (κ1) is 18.8. The second-order valence-electron chi connectivity index (χ2n) is 4.52. The van der Waals surface area contributed by atoms with Crippen molar-refractivity contribution in [2.75, 3.05) is 40.6 Å². The molecule has 0 atom stereocenters. The average Bonchev–Trinajstić information content (AvgIpc) is 2.52. The first-order valence-corrected chi connectivity index (χ1v) is 8.41. The Morgan fingerprint density at radius 2 is 1.64 bits per heavy atom. The van der Waals surface area contributed by atoms with Crippen LogP contribution in [0.4, 0.5) is 0 Å². The number of hydrogen-bond donors (Lipinski definition) is 1. The predicted octanol–water partition coefficient (Wildman–Crippen LogP) is 0.725. The largest absolute Gasteiger partial charge is 0.481 e. The van der Waals surface area contributed by atoms with Crippen molar-refractivity contribution in [2.45, 2.75) is 12.8 Å². The molecule has 0 saturated carbocycles. The molecule has 0 unspecified atom stereocenters. The Morgan fingerprint density at radius 3 is 2.18 bits per heavy atom. The molecule has 123 valence electrons. The van der Waals surface area contributed by atoms with E-state index in [9.17, 15) is 4.79 Å². The molecule has 22 heavy (non-hydrogen) atoms. The van der Waals surface area contributed by atoms with E-state index in [0.29, 0.717) is 32.8 Å². The van der Waals surface area contributed by atoms with Crippen molar-refractivity contribution in [2.24, 2.45) is 0 Å². The van der Waals surface area contributed by atoms with Crippen molar-refractivity contribution < 1.29 is 28.2 Å². The SMILES string of the molecule is COCCO[Si](OCCOC)c1ccccc1CCC(=O)O. The molecule has 0 aliphatic rings. The van der Waals surface area contributed by atoms with Crippen LogP contribution in [0.2, 0.25) is 0 Å². The van der Waals surface area contributed by atoms with Crippen LogP contribution in [0.1, 0.15) is 12.0 Å². The van der Waals surface area contributed by atoms with Gasteiger partial charge in [-0.25, -0.2) is 0 Å². The molecular weight excluding hydrogens is 304 g/mol. The quantitative estimate of drug-likeness (QED) is 0.450. The highest BCUT2D eigenvalue weighted by Crippen LogP contribution is 2.05. The summed E-state index contributed by atoms with van der Waals surface area (Å²) < 4.78 is 21.6. The second-order valence-corrected chi connectivity index (χ2v) is 6.21. The molecule has 0 saturated heterocycles. The van der Waals surface area contributed by atoms with Crippen molar-refractivity contribution >= 4 is 20.4 Å². The lowest BCUT2D eigenvalue weighted by Gasteiger charge is -2.18. The number of benzene rings is 1. The number of carboxylic acids is 1. The lowest BCUT2D eigenvalue weighted by atomic mass is 10.1. The van der Waals surface area contributed by atoms with Gasteiger partial charge in [0.25, 0.3) is 0 Å². The standard InChI is InChI=1S/C15H23O6Si/c1-18-9-11-20-22(21-12-10-19-2)14-6-4-3-5-13(14)7-8-15(16)17/h3-6H,7-12H2,1-2H3,(H,16,17). The van der Waals surface area contributed by atoms with Crippen molar-refractivity contribution in [1.82, 2.24) is 0 Å². The number of carbonyl (C=O) groups is 1. The molecule has 0 spiro atoms. The first-order valence-electron chi connectivity index (χ1n) is 7.09. The fourth-order valence-corrected chi connectivity index (χ4v) is 3.45. The predicted molar refractivity (Wildman–Crippen MR) is 83.4 cm³/mol. The summed E-state index contributed by atoms with van der Waals surface area (Å²) >= 11 is 0. The maximum atomic E-state index is 10.8. The lowest BCUT2D eigenvalue weighted by Crippen LogP contribution is -2.40. The summed E-state index contributed by atoms with van der Waals surface area (Å²) in [5.41, 5.74) is 0.952. The summed E-state index contributed by atoms with van der Waals surface area (Å²) in [7, 11) is 1.53. The summed E-state index contributed by atoms with van der Waals surface area (Å²) in [6, 6.07) is 7.65. The highest BCUT2D eigenvalue weighted by Gasteiger charge is 2.22. The molecule has 0 bridgehead atoms. The van der Waals surface area contributed by atoms with Crippen LogP contribution in [-0.4, -0.2) is 61.0 Å². The molecule has 0 fully saturated rings. The third-order valence-corrected chi connectivity index (χ3v) is 4.75. The van der Waals surface area contributed by atoms with Gasteiger partial charge in [-0.05, 0) is 17.2 Å². The van der Waals surface area contributed by atoms with E-state index in [-0.39, 0.29) is 6.42 Å². The molecule has 0 aliphatic heterocycles. The van der Waals surface area contributed by atoms with E-state index in [4.69, 9.17) is 23.4 Å². The second kappa shape index (κ2) is 11.3. The van der Waals surface area contributed by atoms with Crippen LogP contribution in [-0.2, 0) is 29.5 Å². The topological polar surface area (TPSA) is 74.2 Å². The number of carboxylic acid groups (broad SMARTS) is 1. The monoisotopic (exact) mass is 327 g/mol. The van der Waals surface area contributed by atoms with E-state index < -0.39 is 15.3 Å². The van der Waals surface area contributed by atoms with Gasteiger partial charge >= 0.3 is 15.3 Å². The van der Waals surface area contributed by atoms with Gasteiger partial charge in [0.05, 0.1) is 26.4 Å². The van der Waals surface area contributed by atoms with E-state index in [2.05, 4.69) is 0 Å². The van der Waals surface area contributed by atoms with Crippen LogP contribution in [0.3, 0.4) is 0 Å². The minimum absolute atomic E-state index is 0.0856. The highest BCUT2D eigenvalue weighted by atomic mass is 28.3. The minimum Gasteiger partial charge on any atom is -0.481 e. The molecule has 1 radical (unpaired) electrons. The smallest absolute Gasteiger partial charge is 0.424 e. The third-order valence-electron chi connectivity index (χ3n) is 2.89. The van der Waals surface area contributed by atoms with Crippen molar-refractivity contribution in [3.63, 3.8) is 0 Å². The minimum atomic E-state index is -1.70. The zero-order valence-corrected chi connectivity index (χ0v) is 14.0. The van der Waals surface area contributed by atoms with Crippen LogP contribution in [0.25, 0.3) is 0 Å². The molecule has 0 aliphatic carbocycles. The van der Waals surface area contributed by atoms with Crippen LogP contribution in [0, 0.1) is 0 Å². The Labute approximate surface area is 132 Å². The maximum absolute atomic E-state index is 10.8. The van der Waals surface area contributed by atoms with Crippen molar-refractivity contribution in [3.8, 4) is 0 Å². The van der Waals surface area contributed by atoms with Crippen LogP contribution < -0.4 is 5.19 Å². The van der Waals surface area contributed by atoms with E-state index in [1.54, 1.807) is 14.2 Å². The number of methoxy groups -OCH3 is 2. The van der Waals surface area contributed by atoms with Gasteiger partial charge in [0.2, 0.25) is 0 Å². The molecule has 1 aromatic carbocycles. The fraction of sp³-hybridized carbons (Fsp3) is 0.533. The van der Waals surface area contributed by atoms with Gasteiger partial charge in [0, 0.05) is 20.6 Å². The van der Waals surface area contributed by atoms with Gasteiger partial charge in [-0.3, -0.25) is 4.79 Å². The van der Waals surface area contributed by atoms with Crippen LogP contribution in [0.5, 0.6) is 0 Å². The van der Waals surface area contributed by atoms with Crippen LogP contribution in [0.15, 0.2) is 24.3 Å². The van der Waals surface area contributed by atoms with Gasteiger partial charge in [0.1, 0.15) is 0 Å². The van der Waals surface area contributed by atoms with Gasteiger partial charge in [-0.2, -0.15) is 0 Å². The third kappa shape index (κ3) is 7.14. The number of hydrogen-bond acceptors (Lipinski definition) is 5. The summed E-state index contributed by atoms with van der Waals surface area (Å²) in [6.45, 7) is 1.84. The molecule has 1 aromatic rings. The molecule has 1 N–H and O–H groups in total. The number of aliphatic carboxylic acids is 1. The van der Waals surface area contributed by atoms with Crippen molar-refractivity contribution in [1.29, 1.82) is 0 Å². The van der Waals surface area contributed by atoms with Crippen LogP contribution >= 0.6 is 0 Å². The Hall–Kier alpha value is -1.25. The fourth-order valence-electron chi connectivity index (χ4n) is 1.81. The zero-order valence-electron chi connectivity index (χ0n) is 13.0. The van der Waals surface area contributed by atoms with Crippen molar-refractivity contribution in [3.05, 3.63) is 29.8 Å². The van der Waals surface area contributed by atoms with Gasteiger partial charge in [-0.1, -0.05) is 24.3 Å². The Kier molecular flexibility index (Phi) is 9.68. The molecule has 0 amide bonds. The molecular formula is C15H23O6Si. The molecule has 1 rings (SSSR count). The number of aryl methyl sites for hydroxylation is 1.